The molecule has 100 valence electrons. The maximum atomic E-state index is 11.5. The van der Waals surface area contributed by atoms with Crippen LogP contribution in [0, 0.1) is 5.92 Å². The van der Waals surface area contributed by atoms with Crippen molar-refractivity contribution < 1.29 is 19.0 Å². The van der Waals surface area contributed by atoms with Gasteiger partial charge in [0.05, 0.1) is 26.9 Å². The minimum Gasteiger partial charge on any atom is -0.468 e. The fourth-order valence-electron chi connectivity index (χ4n) is 1.76. The summed E-state index contributed by atoms with van der Waals surface area (Å²) in [5.74, 6) is 0.310. The van der Waals surface area contributed by atoms with E-state index in [2.05, 4.69) is 18.7 Å². The molecule has 0 aromatic carbocycles. The second-order valence-electron chi connectivity index (χ2n) is 4.62. The number of hydrogen-bond acceptors (Lipinski definition) is 5. The maximum absolute atomic E-state index is 11.5. The van der Waals surface area contributed by atoms with Crippen LogP contribution >= 0.6 is 0 Å². The predicted octanol–water partition coefficient (Wildman–Crippen LogP) is 0.533. The molecular weight excluding hydrogens is 222 g/mol. The van der Waals surface area contributed by atoms with Crippen LogP contribution in [0.4, 0.5) is 0 Å². The van der Waals surface area contributed by atoms with Crippen LogP contribution in [0.2, 0.25) is 0 Å². The van der Waals surface area contributed by atoms with Crippen molar-refractivity contribution in [3.63, 3.8) is 0 Å². The standard InChI is InChI=1S/C12H23NO4/c1-10(2)8-16-6-4-13-5-7-17-9-11(13)12(14)15-3/h10-11H,4-9H2,1-3H3. The van der Waals surface area contributed by atoms with Gasteiger partial charge in [0.1, 0.15) is 6.04 Å². The molecule has 0 spiro atoms. The summed E-state index contributed by atoms with van der Waals surface area (Å²) in [4.78, 5) is 13.6. The van der Waals surface area contributed by atoms with Gasteiger partial charge in [-0.1, -0.05) is 13.8 Å². The molecule has 0 saturated carbocycles. The number of rotatable bonds is 6. The van der Waals surface area contributed by atoms with Gasteiger partial charge >= 0.3 is 5.97 Å². The minimum absolute atomic E-state index is 0.228. The van der Waals surface area contributed by atoms with Crippen LogP contribution in [0.3, 0.4) is 0 Å². The number of esters is 1. The molecule has 17 heavy (non-hydrogen) atoms. The molecule has 1 fully saturated rings. The normalized spacial score (nSPS) is 21.8. The van der Waals surface area contributed by atoms with Crippen LogP contribution in [-0.4, -0.2) is 63.5 Å². The van der Waals surface area contributed by atoms with E-state index in [1.54, 1.807) is 0 Å². The second-order valence-corrected chi connectivity index (χ2v) is 4.62. The highest BCUT2D eigenvalue weighted by Crippen LogP contribution is 2.08. The van der Waals surface area contributed by atoms with Crippen molar-refractivity contribution in [2.75, 3.05) is 46.6 Å². The van der Waals surface area contributed by atoms with Crippen molar-refractivity contribution in [3.05, 3.63) is 0 Å². The lowest BCUT2D eigenvalue weighted by molar-refractivity contribution is -0.153. The van der Waals surface area contributed by atoms with Gasteiger partial charge in [-0.25, -0.2) is 0 Å². The molecule has 5 heteroatoms. The smallest absolute Gasteiger partial charge is 0.325 e. The van der Waals surface area contributed by atoms with Gasteiger partial charge in [-0.05, 0) is 5.92 Å². The lowest BCUT2D eigenvalue weighted by atomic mass is 10.2. The van der Waals surface area contributed by atoms with E-state index in [0.717, 1.165) is 19.7 Å². The van der Waals surface area contributed by atoms with E-state index < -0.39 is 0 Å². The van der Waals surface area contributed by atoms with Crippen molar-refractivity contribution in [2.45, 2.75) is 19.9 Å². The van der Waals surface area contributed by atoms with Gasteiger partial charge in [-0.3, -0.25) is 9.69 Å². The zero-order valence-corrected chi connectivity index (χ0v) is 11.0. The van der Waals surface area contributed by atoms with Crippen LogP contribution in [0.5, 0.6) is 0 Å². The van der Waals surface area contributed by atoms with Crippen molar-refractivity contribution in [1.82, 2.24) is 4.90 Å². The van der Waals surface area contributed by atoms with Crippen LogP contribution < -0.4 is 0 Å². The number of nitrogens with zero attached hydrogens (tertiary/aromatic N) is 1. The molecule has 0 amide bonds. The summed E-state index contributed by atoms with van der Waals surface area (Å²) in [7, 11) is 1.41. The Hall–Kier alpha value is -0.650. The molecule has 0 aliphatic carbocycles. The average Bonchev–Trinajstić information content (AvgIpc) is 2.34. The van der Waals surface area contributed by atoms with Crippen LogP contribution in [0.25, 0.3) is 0 Å². The number of carbonyl (C=O) groups is 1. The molecule has 5 nitrogen and oxygen atoms in total. The average molecular weight is 245 g/mol. The van der Waals surface area contributed by atoms with Gasteiger partial charge in [-0.2, -0.15) is 0 Å². The van der Waals surface area contributed by atoms with Crippen molar-refractivity contribution >= 4 is 5.97 Å². The fraction of sp³-hybridized carbons (Fsp3) is 0.917. The molecular formula is C12H23NO4. The summed E-state index contributed by atoms with van der Waals surface area (Å²) in [6.07, 6.45) is 0. The molecule has 1 saturated heterocycles. The Morgan fingerprint density at radius 3 is 2.94 bits per heavy atom. The Morgan fingerprint density at radius 2 is 2.29 bits per heavy atom. The lowest BCUT2D eigenvalue weighted by Crippen LogP contribution is -2.51. The summed E-state index contributed by atoms with van der Waals surface area (Å²) in [6, 6.07) is -0.281. The van der Waals surface area contributed by atoms with E-state index in [1.165, 1.54) is 7.11 Å². The molecule has 0 radical (unpaired) electrons. The molecule has 1 aliphatic rings. The molecule has 0 N–H and O–H groups in total. The highest BCUT2D eigenvalue weighted by molar-refractivity contribution is 5.75. The highest BCUT2D eigenvalue weighted by Gasteiger charge is 2.29. The van der Waals surface area contributed by atoms with E-state index in [4.69, 9.17) is 14.2 Å². The van der Waals surface area contributed by atoms with Crippen LogP contribution in [0.1, 0.15) is 13.8 Å². The zero-order valence-electron chi connectivity index (χ0n) is 11.0. The van der Waals surface area contributed by atoms with Gasteiger partial charge in [0, 0.05) is 19.7 Å². The molecule has 0 aromatic heterocycles. The van der Waals surface area contributed by atoms with Crippen molar-refractivity contribution in [2.24, 2.45) is 5.92 Å². The Bertz CT molecular complexity index is 233. The third-order valence-electron chi connectivity index (χ3n) is 2.69. The van der Waals surface area contributed by atoms with E-state index in [1.807, 2.05) is 0 Å². The zero-order chi connectivity index (χ0) is 12.7. The van der Waals surface area contributed by atoms with E-state index >= 15 is 0 Å². The first-order valence-corrected chi connectivity index (χ1v) is 6.12. The van der Waals surface area contributed by atoms with Gasteiger partial charge in [0.25, 0.3) is 0 Å². The number of morpholine rings is 1. The topological polar surface area (TPSA) is 48.0 Å². The largest absolute Gasteiger partial charge is 0.468 e. The van der Waals surface area contributed by atoms with Crippen molar-refractivity contribution in [3.8, 4) is 0 Å². The molecule has 0 aromatic rings. The van der Waals surface area contributed by atoms with E-state index in [-0.39, 0.29) is 12.0 Å². The Balaban J connectivity index is 2.30. The molecule has 1 unspecified atom stereocenters. The van der Waals surface area contributed by atoms with Crippen molar-refractivity contribution in [1.29, 1.82) is 0 Å². The molecule has 1 rings (SSSR count). The first kappa shape index (κ1) is 14.4. The summed E-state index contributed by atoms with van der Waals surface area (Å²) in [6.45, 7) is 8.21. The van der Waals surface area contributed by atoms with Gasteiger partial charge in [0.15, 0.2) is 0 Å². The number of ether oxygens (including phenoxy) is 3. The van der Waals surface area contributed by atoms with Gasteiger partial charge in [-0.15, -0.1) is 0 Å². The number of carbonyl (C=O) groups excluding carboxylic acids is 1. The summed E-state index contributed by atoms with van der Waals surface area (Å²) in [5.41, 5.74) is 0. The monoisotopic (exact) mass is 245 g/mol. The maximum Gasteiger partial charge on any atom is 0.325 e. The van der Waals surface area contributed by atoms with Crippen LogP contribution in [-0.2, 0) is 19.0 Å². The first-order valence-electron chi connectivity index (χ1n) is 6.12. The van der Waals surface area contributed by atoms with E-state index in [9.17, 15) is 4.79 Å². The summed E-state index contributed by atoms with van der Waals surface area (Å²) < 4.78 is 15.6. The van der Waals surface area contributed by atoms with Crippen LogP contribution in [0.15, 0.2) is 0 Å². The van der Waals surface area contributed by atoms with Gasteiger partial charge < -0.3 is 14.2 Å². The SMILES string of the molecule is COC(=O)C1COCCN1CCOCC(C)C. The Kier molecular flexibility index (Phi) is 6.47. The summed E-state index contributed by atoms with van der Waals surface area (Å²) >= 11 is 0. The molecule has 1 atom stereocenters. The highest BCUT2D eigenvalue weighted by atomic mass is 16.5. The van der Waals surface area contributed by atoms with Gasteiger partial charge in [0.2, 0.25) is 0 Å². The van der Waals surface area contributed by atoms with E-state index in [0.29, 0.717) is 25.7 Å². The molecule has 1 aliphatic heterocycles. The third kappa shape index (κ3) is 5.02. The molecule has 0 bridgehead atoms. The second kappa shape index (κ2) is 7.63. The lowest BCUT2D eigenvalue weighted by Gasteiger charge is -2.33. The first-order chi connectivity index (χ1) is 8.15. The quantitative estimate of drug-likeness (QED) is 0.505. The predicted molar refractivity (Wildman–Crippen MR) is 63.9 cm³/mol. The number of methoxy groups -OCH3 is 1. The third-order valence-corrected chi connectivity index (χ3v) is 2.69. The Morgan fingerprint density at radius 1 is 1.53 bits per heavy atom. The minimum atomic E-state index is -0.281. The molecule has 1 heterocycles. The Labute approximate surface area is 103 Å². The fourth-order valence-corrected chi connectivity index (χ4v) is 1.76. The summed E-state index contributed by atoms with van der Waals surface area (Å²) in [5, 5.41) is 0. The number of hydrogen-bond donors (Lipinski definition) is 0.